The van der Waals surface area contributed by atoms with Gasteiger partial charge in [0.05, 0.1) is 0 Å². The molecule has 0 bridgehead atoms. The molecule has 0 fully saturated rings. The second kappa shape index (κ2) is 6.70. The van der Waals surface area contributed by atoms with Crippen molar-refractivity contribution in [3.8, 4) is 0 Å². The summed E-state index contributed by atoms with van der Waals surface area (Å²) in [5.74, 6) is -1.42. The van der Waals surface area contributed by atoms with E-state index in [-0.39, 0.29) is 18.5 Å². The number of carboxylic acids is 1. The van der Waals surface area contributed by atoms with Gasteiger partial charge in [-0.2, -0.15) is 0 Å². The van der Waals surface area contributed by atoms with Crippen LogP contribution in [0.3, 0.4) is 0 Å². The van der Waals surface area contributed by atoms with Crippen molar-refractivity contribution >= 4 is 11.9 Å². The van der Waals surface area contributed by atoms with E-state index >= 15 is 0 Å². The molecule has 1 unspecified atom stereocenters. The van der Waals surface area contributed by atoms with E-state index in [0.717, 1.165) is 5.56 Å². The number of aromatic nitrogens is 1. The molecule has 1 aromatic heterocycles. The van der Waals surface area contributed by atoms with E-state index in [1.165, 1.54) is 6.92 Å². The van der Waals surface area contributed by atoms with Gasteiger partial charge in [-0.15, -0.1) is 0 Å². The summed E-state index contributed by atoms with van der Waals surface area (Å²) >= 11 is 0. The first kappa shape index (κ1) is 14.1. The van der Waals surface area contributed by atoms with E-state index in [0.29, 0.717) is 0 Å². The van der Waals surface area contributed by atoms with Crippen LogP contribution in [-0.2, 0) is 9.59 Å². The third-order valence-corrected chi connectivity index (χ3v) is 2.49. The topological polar surface area (TPSA) is 91.3 Å². The first-order valence-corrected chi connectivity index (χ1v) is 5.64. The molecule has 3 N–H and O–H groups in total. The molecule has 0 aliphatic rings. The van der Waals surface area contributed by atoms with E-state index < -0.39 is 12.0 Å². The zero-order valence-corrected chi connectivity index (χ0v) is 10.4. The van der Waals surface area contributed by atoms with Crippen molar-refractivity contribution in [2.24, 2.45) is 0 Å². The van der Waals surface area contributed by atoms with Crippen LogP contribution in [0.2, 0.25) is 0 Å². The summed E-state index contributed by atoms with van der Waals surface area (Å²) in [4.78, 5) is 25.8. The number of aliphatic carboxylic acids is 1. The summed E-state index contributed by atoms with van der Waals surface area (Å²) in [6.07, 6.45) is 3.39. The van der Waals surface area contributed by atoms with Crippen molar-refractivity contribution in [1.29, 1.82) is 0 Å². The van der Waals surface area contributed by atoms with E-state index in [2.05, 4.69) is 15.6 Å². The summed E-state index contributed by atoms with van der Waals surface area (Å²) in [6, 6.07) is 2.76. The van der Waals surface area contributed by atoms with Crippen molar-refractivity contribution < 1.29 is 14.7 Å². The molecule has 1 aromatic rings. The number of hydrogen-bond acceptors (Lipinski definition) is 4. The van der Waals surface area contributed by atoms with Crippen LogP contribution in [0.4, 0.5) is 0 Å². The Morgan fingerprint density at radius 3 is 2.72 bits per heavy atom. The molecule has 0 radical (unpaired) electrons. The van der Waals surface area contributed by atoms with Crippen LogP contribution in [0.15, 0.2) is 24.5 Å². The Balaban J connectivity index is 2.52. The highest BCUT2D eigenvalue weighted by Crippen LogP contribution is 2.09. The zero-order chi connectivity index (χ0) is 13.5. The molecule has 6 heteroatoms. The molecule has 0 aliphatic carbocycles. The van der Waals surface area contributed by atoms with Crippen molar-refractivity contribution in [1.82, 2.24) is 15.6 Å². The lowest BCUT2D eigenvalue weighted by Crippen LogP contribution is -2.46. The number of carboxylic acid groups (broad SMARTS) is 1. The van der Waals surface area contributed by atoms with Crippen LogP contribution in [0.1, 0.15) is 25.5 Å². The molecule has 18 heavy (non-hydrogen) atoms. The number of nitrogens with zero attached hydrogens (tertiary/aromatic N) is 1. The average Bonchev–Trinajstić information content (AvgIpc) is 2.34. The highest BCUT2D eigenvalue weighted by atomic mass is 16.4. The number of nitrogens with one attached hydrogen (secondary N) is 2. The van der Waals surface area contributed by atoms with Gasteiger partial charge in [0.1, 0.15) is 6.04 Å². The fraction of sp³-hybridized carbons (Fsp3) is 0.417. The van der Waals surface area contributed by atoms with Crippen LogP contribution in [0, 0.1) is 0 Å². The van der Waals surface area contributed by atoms with Gasteiger partial charge < -0.3 is 15.7 Å². The molecule has 0 saturated heterocycles. The number of carbonyl (C=O) groups excluding carboxylic acids is 1. The minimum absolute atomic E-state index is 0.0330. The Kier molecular flexibility index (Phi) is 5.26. The Hall–Kier alpha value is -1.95. The molecule has 0 spiro atoms. The second-order valence-electron chi connectivity index (χ2n) is 4.01. The maximum atomic E-state index is 10.9. The molecule has 2 atom stereocenters. The predicted molar refractivity (Wildman–Crippen MR) is 65.9 cm³/mol. The molecule has 1 rings (SSSR count). The van der Waals surface area contributed by atoms with Gasteiger partial charge in [0, 0.05) is 31.9 Å². The number of carbonyl (C=O) groups is 2. The van der Waals surface area contributed by atoms with Gasteiger partial charge >= 0.3 is 5.97 Å². The first-order chi connectivity index (χ1) is 8.50. The second-order valence-corrected chi connectivity index (χ2v) is 4.01. The molecule has 0 aliphatic heterocycles. The van der Waals surface area contributed by atoms with Crippen molar-refractivity contribution in [3.05, 3.63) is 30.1 Å². The smallest absolute Gasteiger partial charge is 0.327 e. The molecular weight excluding hydrogens is 234 g/mol. The van der Waals surface area contributed by atoms with E-state index in [9.17, 15) is 9.59 Å². The van der Waals surface area contributed by atoms with Gasteiger partial charge in [-0.05, 0) is 18.6 Å². The number of amides is 1. The monoisotopic (exact) mass is 251 g/mol. The zero-order valence-electron chi connectivity index (χ0n) is 10.4. The minimum Gasteiger partial charge on any atom is -0.480 e. The lowest BCUT2D eigenvalue weighted by molar-refractivity contribution is -0.141. The predicted octanol–water partition coefficient (Wildman–Crippen LogP) is 0.321. The maximum absolute atomic E-state index is 10.9. The van der Waals surface area contributed by atoms with Crippen molar-refractivity contribution in [2.45, 2.75) is 25.9 Å². The summed E-state index contributed by atoms with van der Waals surface area (Å²) in [5, 5.41) is 14.4. The fourth-order valence-electron chi connectivity index (χ4n) is 1.49. The molecule has 98 valence electrons. The Morgan fingerprint density at radius 2 is 2.22 bits per heavy atom. The minimum atomic E-state index is -1.06. The normalized spacial score (nSPS) is 13.7. The number of hydrogen-bond donors (Lipinski definition) is 3. The van der Waals surface area contributed by atoms with Crippen LogP contribution in [-0.4, -0.2) is 34.6 Å². The third-order valence-electron chi connectivity index (χ3n) is 2.49. The first-order valence-electron chi connectivity index (χ1n) is 5.64. The molecule has 0 aromatic carbocycles. The molecule has 1 amide bonds. The Bertz CT molecular complexity index is 408. The number of pyridine rings is 1. The summed E-state index contributed by atoms with van der Waals surface area (Å²) in [5.41, 5.74) is 0.962. The van der Waals surface area contributed by atoms with Crippen LogP contribution >= 0.6 is 0 Å². The lowest BCUT2D eigenvalue weighted by atomic mass is 10.1. The summed E-state index contributed by atoms with van der Waals surface area (Å²) in [7, 11) is 0. The van der Waals surface area contributed by atoms with Crippen LogP contribution < -0.4 is 10.6 Å². The fourth-order valence-corrected chi connectivity index (χ4v) is 1.49. The van der Waals surface area contributed by atoms with E-state index in [4.69, 9.17) is 5.11 Å². The lowest BCUT2D eigenvalue weighted by Gasteiger charge is -2.18. The number of rotatable bonds is 6. The summed E-state index contributed by atoms with van der Waals surface area (Å²) < 4.78 is 0. The SMILES string of the molecule is CC(=O)NC(CN[C@H](C)c1cccnc1)C(=O)O. The van der Waals surface area contributed by atoms with Gasteiger partial charge in [0.2, 0.25) is 5.91 Å². The largest absolute Gasteiger partial charge is 0.480 e. The molecular formula is C12H17N3O3. The molecule has 1 heterocycles. The quantitative estimate of drug-likeness (QED) is 0.677. The van der Waals surface area contributed by atoms with Gasteiger partial charge in [0.15, 0.2) is 0 Å². The molecule has 6 nitrogen and oxygen atoms in total. The van der Waals surface area contributed by atoms with Crippen LogP contribution in [0.5, 0.6) is 0 Å². The highest BCUT2D eigenvalue weighted by molar-refractivity contribution is 5.82. The summed E-state index contributed by atoms with van der Waals surface area (Å²) in [6.45, 7) is 3.36. The van der Waals surface area contributed by atoms with Gasteiger partial charge in [-0.3, -0.25) is 9.78 Å². The average molecular weight is 251 g/mol. The van der Waals surface area contributed by atoms with Gasteiger partial charge in [-0.1, -0.05) is 6.07 Å². The van der Waals surface area contributed by atoms with Gasteiger partial charge in [-0.25, -0.2) is 4.79 Å². The van der Waals surface area contributed by atoms with Gasteiger partial charge in [0.25, 0.3) is 0 Å². The Morgan fingerprint density at radius 1 is 1.50 bits per heavy atom. The molecule has 0 saturated carbocycles. The standard InChI is InChI=1S/C12H17N3O3/c1-8(10-4-3-5-13-6-10)14-7-11(12(17)18)15-9(2)16/h3-6,8,11,14H,7H2,1-2H3,(H,15,16)(H,17,18)/t8-,11?/m1/s1. The van der Waals surface area contributed by atoms with E-state index in [1.807, 2.05) is 19.1 Å². The van der Waals surface area contributed by atoms with Crippen molar-refractivity contribution in [3.63, 3.8) is 0 Å². The highest BCUT2D eigenvalue weighted by Gasteiger charge is 2.19. The van der Waals surface area contributed by atoms with Crippen molar-refractivity contribution in [2.75, 3.05) is 6.54 Å². The Labute approximate surface area is 105 Å². The van der Waals surface area contributed by atoms with E-state index in [1.54, 1.807) is 12.4 Å². The van der Waals surface area contributed by atoms with Crippen LogP contribution in [0.25, 0.3) is 0 Å². The third kappa shape index (κ3) is 4.50. The maximum Gasteiger partial charge on any atom is 0.327 e.